The van der Waals surface area contributed by atoms with Crippen LogP contribution in [0.4, 0.5) is 0 Å². The third-order valence-corrected chi connectivity index (χ3v) is 5.59. The van der Waals surface area contributed by atoms with Crippen LogP contribution in [0.15, 0.2) is 66.7 Å². The summed E-state index contributed by atoms with van der Waals surface area (Å²) in [6.07, 6.45) is 0.494. The van der Waals surface area contributed by atoms with E-state index in [9.17, 15) is 19.8 Å². The van der Waals surface area contributed by atoms with Crippen LogP contribution >= 0.6 is 0 Å². The maximum Gasteiger partial charge on any atom is 0.325 e. The van der Waals surface area contributed by atoms with E-state index in [2.05, 4.69) is 18.2 Å². The van der Waals surface area contributed by atoms with Crippen LogP contribution < -0.4 is 0 Å². The molecule has 0 aliphatic rings. The van der Waals surface area contributed by atoms with Crippen LogP contribution in [0.3, 0.4) is 0 Å². The number of rotatable bonds is 5. The van der Waals surface area contributed by atoms with E-state index in [1.165, 1.54) is 0 Å². The predicted molar refractivity (Wildman–Crippen MR) is 111 cm³/mol. The van der Waals surface area contributed by atoms with Crippen LogP contribution in [-0.4, -0.2) is 22.2 Å². The summed E-state index contributed by atoms with van der Waals surface area (Å²) in [5, 5.41) is 25.8. The lowest BCUT2D eigenvalue weighted by Crippen LogP contribution is -2.43. The number of hydrogen-bond acceptors (Lipinski definition) is 2. The second kappa shape index (κ2) is 6.64. The first kappa shape index (κ1) is 18.0. The molecule has 4 aromatic carbocycles. The molecule has 0 aliphatic carbocycles. The molecule has 140 valence electrons. The van der Waals surface area contributed by atoms with E-state index in [1.807, 2.05) is 36.4 Å². The van der Waals surface area contributed by atoms with Gasteiger partial charge in [-0.3, -0.25) is 9.59 Å². The Morgan fingerprint density at radius 2 is 1.32 bits per heavy atom. The van der Waals surface area contributed by atoms with E-state index >= 15 is 0 Å². The van der Waals surface area contributed by atoms with Crippen molar-refractivity contribution in [2.24, 2.45) is 0 Å². The Kier molecular flexibility index (Phi) is 4.27. The minimum absolute atomic E-state index is 0.0386. The Balaban J connectivity index is 2.07. The molecule has 0 spiro atoms. The summed E-state index contributed by atoms with van der Waals surface area (Å²) in [4.78, 5) is 24.1. The highest BCUT2D eigenvalue weighted by Gasteiger charge is 2.47. The van der Waals surface area contributed by atoms with Gasteiger partial charge in [-0.1, -0.05) is 74.0 Å². The summed E-state index contributed by atoms with van der Waals surface area (Å²) in [6, 6.07) is 21.4. The summed E-state index contributed by atoms with van der Waals surface area (Å²) in [5.74, 6) is -2.65. The zero-order valence-corrected chi connectivity index (χ0v) is 15.5. The van der Waals surface area contributed by atoms with Gasteiger partial charge in [-0.15, -0.1) is 0 Å². The molecule has 2 N–H and O–H groups in total. The Hall–Kier alpha value is -3.40. The maximum atomic E-state index is 12.0. The predicted octanol–water partition coefficient (Wildman–Crippen LogP) is 5.35. The van der Waals surface area contributed by atoms with Crippen LogP contribution in [0.5, 0.6) is 0 Å². The summed E-state index contributed by atoms with van der Waals surface area (Å²) >= 11 is 0. The molecule has 0 saturated carbocycles. The summed E-state index contributed by atoms with van der Waals surface area (Å²) in [7, 11) is 0. The maximum absolute atomic E-state index is 12.0. The van der Waals surface area contributed by atoms with Crippen molar-refractivity contribution in [3.05, 3.63) is 72.3 Å². The van der Waals surface area contributed by atoms with Crippen LogP contribution in [0, 0.1) is 0 Å². The first-order valence-corrected chi connectivity index (χ1v) is 9.30. The van der Waals surface area contributed by atoms with E-state index in [-0.39, 0.29) is 6.42 Å². The SMILES string of the molecule is CCCC(C(=O)O)(C(=O)O)c1ccc2ccc3c4ccccc4ccc3c2c1. The third kappa shape index (κ3) is 2.53. The molecule has 0 aromatic heterocycles. The molecule has 28 heavy (non-hydrogen) atoms. The van der Waals surface area contributed by atoms with Crippen LogP contribution in [-0.2, 0) is 15.0 Å². The first-order valence-electron chi connectivity index (χ1n) is 9.30. The van der Waals surface area contributed by atoms with Crippen molar-refractivity contribution in [3.63, 3.8) is 0 Å². The van der Waals surface area contributed by atoms with Gasteiger partial charge in [0.05, 0.1) is 0 Å². The number of carboxylic acids is 2. The van der Waals surface area contributed by atoms with Crippen molar-refractivity contribution in [1.82, 2.24) is 0 Å². The van der Waals surface area contributed by atoms with E-state index in [4.69, 9.17) is 0 Å². The lowest BCUT2D eigenvalue weighted by molar-refractivity contribution is -0.158. The number of carboxylic acid groups (broad SMARTS) is 2. The molecule has 0 bridgehead atoms. The van der Waals surface area contributed by atoms with Crippen molar-refractivity contribution < 1.29 is 19.8 Å². The third-order valence-electron chi connectivity index (χ3n) is 5.59. The van der Waals surface area contributed by atoms with E-state index in [1.54, 1.807) is 19.1 Å². The highest BCUT2D eigenvalue weighted by atomic mass is 16.4. The molecule has 4 heteroatoms. The van der Waals surface area contributed by atoms with Gasteiger partial charge in [0.15, 0.2) is 5.41 Å². The van der Waals surface area contributed by atoms with E-state index < -0.39 is 17.4 Å². The molecule has 0 heterocycles. The van der Waals surface area contributed by atoms with Crippen molar-refractivity contribution in [1.29, 1.82) is 0 Å². The van der Waals surface area contributed by atoms with Gasteiger partial charge in [-0.05, 0) is 50.4 Å². The number of benzene rings is 4. The molecular weight excluding hydrogens is 352 g/mol. The molecule has 4 aromatic rings. The summed E-state index contributed by atoms with van der Waals surface area (Å²) in [5.41, 5.74) is -1.63. The molecule has 0 amide bonds. The fourth-order valence-corrected chi connectivity index (χ4v) is 4.16. The second-order valence-corrected chi connectivity index (χ2v) is 7.15. The van der Waals surface area contributed by atoms with E-state index in [0.29, 0.717) is 12.0 Å². The molecule has 0 fully saturated rings. The van der Waals surface area contributed by atoms with Gasteiger partial charge in [-0.2, -0.15) is 0 Å². The topological polar surface area (TPSA) is 74.6 Å². The Bertz CT molecular complexity index is 1230. The summed E-state index contributed by atoms with van der Waals surface area (Å²) < 4.78 is 0. The van der Waals surface area contributed by atoms with Gasteiger partial charge >= 0.3 is 11.9 Å². The fraction of sp³-hybridized carbons (Fsp3) is 0.167. The van der Waals surface area contributed by atoms with Crippen molar-refractivity contribution in [2.45, 2.75) is 25.2 Å². The lowest BCUT2D eigenvalue weighted by atomic mass is 9.76. The Morgan fingerprint density at radius 3 is 1.96 bits per heavy atom. The van der Waals surface area contributed by atoms with Crippen molar-refractivity contribution in [3.8, 4) is 0 Å². The fourth-order valence-electron chi connectivity index (χ4n) is 4.16. The van der Waals surface area contributed by atoms with Crippen molar-refractivity contribution >= 4 is 44.3 Å². The number of aliphatic carboxylic acids is 2. The molecule has 4 nitrogen and oxygen atoms in total. The number of hydrogen-bond donors (Lipinski definition) is 2. The second-order valence-electron chi connectivity index (χ2n) is 7.15. The van der Waals surface area contributed by atoms with Gasteiger partial charge in [-0.25, -0.2) is 0 Å². The van der Waals surface area contributed by atoms with Gasteiger partial charge in [0.25, 0.3) is 0 Å². The largest absolute Gasteiger partial charge is 0.480 e. The Morgan fingerprint density at radius 1 is 0.750 bits per heavy atom. The molecule has 0 radical (unpaired) electrons. The van der Waals surface area contributed by atoms with Gasteiger partial charge < -0.3 is 10.2 Å². The normalized spacial score (nSPS) is 11.9. The molecule has 0 aliphatic heterocycles. The molecule has 0 unspecified atom stereocenters. The van der Waals surface area contributed by atoms with Gasteiger partial charge in [0.2, 0.25) is 0 Å². The molecular formula is C24H20O4. The highest BCUT2D eigenvalue weighted by molar-refractivity contribution is 6.17. The molecule has 0 saturated heterocycles. The number of fused-ring (bicyclic) bond motifs is 5. The minimum atomic E-state index is -1.94. The van der Waals surface area contributed by atoms with Gasteiger partial charge in [0.1, 0.15) is 0 Å². The zero-order valence-electron chi connectivity index (χ0n) is 15.5. The number of carbonyl (C=O) groups is 2. The molecule has 4 rings (SSSR count). The van der Waals surface area contributed by atoms with Gasteiger partial charge in [0, 0.05) is 0 Å². The average Bonchev–Trinajstić information content (AvgIpc) is 2.70. The average molecular weight is 372 g/mol. The molecule has 0 atom stereocenters. The smallest absolute Gasteiger partial charge is 0.325 e. The van der Waals surface area contributed by atoms with Crippen LogP contribution in [0.1, 0.15) is 25.3 Å². The Labute approximate surface area is 162 Å². The van der Waals surface area contributed by atoms with E-state index in [0.717, 1.165) is 32.3 Å². The lowest BCUT2D eigenvalue weighted by Gasteiger charge is -2.25. The van der Waals surface area contributed by atoms with Crippen LogP contribution in [0.2, 0.25) is 0 Å². The quantitative estimate of drug-likeness (QED) is 0.366. The highest BCUT2D eigenvalue weighted by Crippen LogP contribution is 2.36. The summed E-state index contributed by atoms with van der Waals surface area (Å²) in [6.45, 7) is 1.79. The zero-order chi connectivity index (χ0) is 19.9. The monoisotopic (exact) mass is 372 g/mol. The minimum Gasteiger partial charge on any atom is -0.480 e. The van der Waals surface area contributed by atoms with Crippen molar-refractivity contribution in [2.75, 3.05) is 0 Å². The standard InChI is InChI=1S/C24H20O4/c1-2-13-24(22(25)26,23(27)28)17-10-7-16-9-11-19-18-6-4-3-5-15(18)8-12-20(19)21(16)14-17/h3-12,14H,2,13H2,1H3,(H,25,26)(H,27,28). The first-order chi connectivity index (χ1) is 13.5. The van der Waals surface area contributed by atoms with Crippen LogP contribution in [0.25, 0.3) is 32.3 Å².